The van der Waals surface area contributed by atoms with Gasteiger partial charge in [0.1, 0.15) is 5.69 Å². The smallest absolute Gasteiger partial charge is 0.274 e. The number of ether oxygens (including phenoxy) is 1. The Balaban J connectivity index is 1.48. The third kappa shape index (κ3) is 4.09. The van der Waals surface area contributed by atoms with E-state index in [4.69, 9.17) is 4.74 Å². The Morgan fingerprint density at radius 2 is 1.59 bits per heavy atom. The van der Waals surface area contributed by atoms with Crippen molar-refractivity contribution in [1.29, 1.82) is 0 Å². The van der Waals surface area contributed by atoms with Crippen LogP contribution in [0.2, 0.25) is 0 Å². The zero-order valence-corrected chi connectivity index (χ0v) is 16.3. The fourth-order valence-electron chi connectivity index (χ4n) is 2.87. The number of anilines is 2. The zero-order chi connectivity index (χ0) is 20.2. The number of pyridine rings is 1. The van der Waals surface area contributed by atoms with Gasteiger partial charge in [-0.3, -0.25) is 9.59 Å². The Morgan fingerprint density at radius 1 is 0.897 bits per heavy atom. The molecule has 2 N–H and O–H groups in total. The van der Waals surface area contributed by atoms with Crippen LogP contribution in [0.25, 0.3) is 10.8 Å². The molecule has 0 radical (unpaired) electrons. The number of benzene rings is 2. The first-order valence-electron chi connectivity index (χ1n) is 8.84. The van der Waals surface area contributed by atoms with Crippen LogP contribution in [0.5, 0.6) is 5.88 Å². The molecule has 7 heteroatoms. The molecular weight excluding hydrogens is 386 g/mol. The summed E-state index contributed by atoms with van der Waals surface area (Å²) in [6.45, 7) is 0. The van der Waals surface area contributed by atoms with Gasteiger partial charge in [-0.2, -0.15) is 0 Å². The van der Waals surface area contributed by atoms with Crippen LogP contribution >= 0.6 is 11.3 Å². The first-order valence-corrected chi connectivity index (χ1v) is 9.72. The maximum atomic E-state index is 12.6. The van der Waals surface area contributed by atoms with Crippen LogP contribution in [0, 0.1) is 0 Å². The minimum Gasteiger partial charge on any atom is -0.481 e. The van der Waals surface area contributed by atoms with Gasteiger partial charge in [0.25, 0.3) is 11.8 Å². The predicted octanol–water partition coefficient (Wildman–Crippen LogP) is 4.81. The van der Waals surface area contributed by atoms with Gasteiger partial charge in [0, 0.05) is 16.8 Å². The number of methoxy groups -OCH3 is 1. The standard InChI is InChI=1S/C22H17N3O3S/c1-28-22-17-6-3-2-5-14(17)13-18(25-22)20(26)23-15-8-10-16(11-9-15)24-21(27)19-7-4-12-29-19/h2-13H,1H3,(H,23,26)(H,24,27). The van der Waals surface area contributed by atoms with Crippen molar-refractivity contribution in [2.24, 2.45) is 0 Å². The third-order valence-electron chi connectivity index (χ3n) is 4.28. The van der Waals surface area contributed by atoms with Crippen LogP contribution in [0.3, 0.4) is 0 Å². The van der Waals surface area contributed by atoms with Crippen LogP contribution in [0.4, 0.5) is 11.4 Å². The summed E-state index contributed by atoms with van der Waals surface area (Å²) < 4.78 is 5.32. The number of carbonyl (C=O) groups is 2. The highest BCUT2D eigenvalue weighted by Crippen LogP contribution is 2.25. The number of hydrogen-bond acceptors (Lipinski definition) is 5. The van der Waals surface area contributed by atoms with Crippen molar-refractivity contribution in [3.05, 3.63) is 82.7 Å². The molecule has 0 unspecified atom stereocenters. The summed E-state index contributed by atoms with van der Waals surface area (Å²) in [4.78, 5) is 29.7. The number of nitrogens with zero attached hydrogens (tertiary/aromatic N) is 1. The van der Waals surface area contributed by atoms with Gasteiger partial charge in [0.2, 0.25) is 5.88 Å². The Labute approximate surface area is 171 Å². The molecule has 0 saturated carbocycles. The van der Waals surface area contributed by atoms with Crippen molar-refractivity contribution in [2.45, 2.75) is 0 Å². The summed E-state index contributed by atoms with van der Waals surface area (Å²) in [5, 5.41) is 9.20. The first-order chi connectivity index (χ1) is 14.1. The van der Waals surface area contributed by atoms with Gasteiger partial charge in [-0.1, -0.05) is 24.3 Å². The average Bonchev–Trinajstić information content (AvgIpc) is 3.29. The number of nitrogens with one attached hydrogen (secondary N) is 2. The normalized spacial score (nSPS) is 10.5. The van der Waals surface area contributed by atoms with Gasteiger partial charge in [-0.05, 0) is 53.2 Å². The molecule has 2 heterocycles. The number of fused-ring (bicyclic) bond motifs is 1. The molecule has 0 aliphatic heterocycles. The molecule has 4 rings (SSSR count). The fraction of sp³-hybridized carbons (Fsp3) is 0.0455. The van der Waals surface area contributed by atoms with E-state index in [1.807, 2.05) is 35.7 Å². The molecule has 29 heavy (non-hydrogen) atoms. The molecule has 4 aromatic rings. The topological polar surface area (TPSA) is 80.3 Å². The lowest BCUT2D eigenvalue weighted by Crippen LogP contribution is -2.14. The van der Waals surface area contributed by atoms with Crippen molar-refractivity contribution in [1.82, 2.24) is 4.98 Å². The quantitative estimate of drug-likeness (QED) is 0.501. The lowest BCUT2D eigenvalue weighted by molar-refractivity contribution is 0.101. The maximum absolute atomic E-state index is 12.6. The summed E-state index contributed by atoms with van der Waals surface area (Å²) in [5.41, 5.74) is 1.50. The van der Waals surface area contributed by atoms with Crippen molar-refractivity contribution >= 4 is 45.3 Å². The molecular formula is C22H17N3O3S. The fourth-order valence-corrected chi connectivity index (χ4v) is 3.49. The van der Waals surface area contributed by atoms with Crippen molar-refractivity contribution in [2.75, 3.05) is 17.7 Å². The molecule has 0 saturated heterocycles. The molecule has 0 atom stereocenters. The van der Waals surface area contributed by atoms with Crippen molar-refractivity contribution < 1.29 is 14.3 Å². The van der Waals surface area contributed by atoms with E-state index >= 15 is 0 Å². The Bertz CT molecular complexity index is 1170. The van der Waals surface area contributed by atoms with Gasteiger partial charge in [-0.15, -0.1) is 11.3 Å². The molecule has 6 nitrogen and oxygen atoms in total. The third-order valence-corrected chi connectivity index (χ3v) is 5.15. The van der Waals surface area contributed by atoms with Gasteiger partial charge in [-0.25, -0.2) is 4.98 Å². The number of thiophene rings is 1. The van der Waals surface area contributed by atoms with Gasteiger partial charge >= 0.3 is 0 Å². The number of rotatable bonds is 5. The van der Waals surface area contributed by atoms with E-state index in [0.717, 1.165) is 10.8 Å². The second-order valence-electron chi connectivity index (χ2n) is 6.20. The van der Waals surface area contributed by atoms with E-state index in [2.05, 4.69) is 15.6 Å². The number of amides is 2. The summed E-state index contributed by atoms with van der Waals surface area (Å²) in [5.74, 6) is -0.103. The highest BCUT2D eigenvalue weighted by molar-refractivity contribution is 7.12. The molecule has 0 spiro atoms. The van der Waals surface area contributed by atoms with E-state index < -0.39 is 0 Å². The minimum absolute atomic E-state index is 0.163. The van der Waals surface area contributed by atoms with Crippen LogP contribution in [0.15, 0.2) is 72.1 Å². The van der Waals surface area contributed by atoms with E-state index in [0.29, 0.717) is 22.1 Å². The van der Waals surface area contributed by atoms with E-state index in [-0.39, 0.29) is 17.5 Å². The maximum Gasteiger partial charge on any atom is 0.274 e. The second kappa shape index (κ2) is 8.12. The lowest BCUT2D eigenvalue weighted by Gasteiger charge is -2.10. The van der Waals surface area contributed by atoms with Crippen molar-refractivity contribution in [3.63, 3.8) is 0 Å². The highest BCUT2D eigenvalue weighted by Gasteiger charge is 2.13. The second-order valence-corrected chi connectivity index (χ2v) is 7.15. The molecule has 0 aliphatic rings. The van der Waals surface area contributed by atoms with Gasteiger partial charge < -0.3 is 15.4 Å². The lowest BCUT2D eigenvalue weighted by atomic mass is 10.1. The van der Waals surface area contributed by atoms with Crippen molar-refractivity contribution in [3.8, 4) is 5.88 Å². The van der Waals surface area contributed by atoms with Crippen LogP contribution in [-0.2, 0) is 0 Å². The molecule has 2 aromatic heterocycles. The Hall–Kier alpha value is -3.71. The molecule has 0 fully saturated rings. The van der Waals surface area contributed by atoms with Gasteiger partial charge in [0.15, 0.2) is 0 Å². The van der Waals surface area contributed by atoms with E-state index in [1.165, 1.54) is 18.4 Å². The first kappa shape index (κ1) is 18.6. The largest absolute Gasteiger partial charge is 0.481 e. The highest BCUT2D eigenvalue weighted by atomic mass is 32.1. The summed E-state index contributed by atoms with van der Waals surface area (Å²) in [7, 11) is 1.53. The molecule has 2 aromatic carbocycles. The molecule has 144 valence electrons. The molecule has 0 aliphatic carbocycles. The SMILES string of the molecule is COc1nc(C(=O)Nc2ccc(NC(=O)c3cccs3)cc2)cc2ccccc12. The molecule has 2 amide bonds. The number of hydrogen-bond donors (Lipinski definition) is 2. The molecule has 0 bridgehead atoms. The average molecular weight is 403 g/mol. The van der Waals surface area contributed by atoms with E-state index in [9.17, 15) is 9.59 Å². The summed E-state index contributed by atoms with van der Waals surface area (Å²) in [6, 6.07) is 19.8. The Kier molecular flexibility index (Phi) is 5.22. The zero-order valence-electron chi connectivity index (χ0n) is 15.5. The van der Waals surface area contributed by atoms with Crippen LogP contribution in [-0.4, -0.2) is 23.9 Å². The monoisotopic (exact) mass is 403 g/mol. The minimum atomic E-state index is -0.343. The summed E-state index contributed by atoms with van der Waals surface area (Å²) >= 11 is 1.38. The van der Waals surface area contributed by atoms with E-state index in [1.54, 1.807) is 36.4 Å². The number of carbonyl (C=O) groups excluding carboxylic acids is 2. The van der Waals surface area contributed by atoms with Crippen LogP contribution < -0.4 is 15.4 Å². The van der Waals surface area contributed by atoms with Crippen LogP contribution in [0.1, 0.15) is 20.2 Å². The number of aromatic nitrogens is 1. The Morgan fingerprint density at radius 3 is 2.24 bits per heavy atom. The van der Waals surface area contributed by atoms with Gasteiger partial charge in [0.05, 0.1) is 12.0 Å². The predicted molar refractivity (Wildman–Crippen MR) is 115 cm³/mol. The summed E-state index contributed by atoms with van der Waals surface area (Å²) in [6.07, 6.45) is 0.